The van der Waals surface area contributed by atoms with Crippen molar-refractivity contribution in [2.24, 2.45) is 11.8 Å². The van der Waals surface area contributed by atoms with Crippen LogP contribution in [0.3, 0.4) is 0 Å². The molecule has 1 saturated heterocycles. The number of hydrogen-bond acceptors (Lipinski definition) is 1. The van der Waals surface area contributed by atoms with Gasteiger partial charge in [-0.3, -0.25) is 0 Å². The third-order valence-corrected chi connectivity index (χ3v) is 4.47. The van der Waals surface area contributed by atoms with Gasteiger partial charge in [0.15, 0.2) is 0 Å². The number of nitrogens with one attached hydrogen (secondary N) is 1. The maximum absolute atomic E-state index is 3.56. The van der Waals surface area contributed by atoms with Crippen LogP contribution in [0.15, 0.2) is 28.7 Å². The molecule has 2 atom stereocenters. The Hall–Kier alpha value is -0.340. The minimum absolute atomic E-state index is 0.805. The van der Waals surface area contributed by atoms with Crippen LogP contribution in [-0.4, -0.2) is 13.1 Å². The number of rotatable bonds is 1. The summed E-state index contributed by atoms with van der Waals surface area (Å²) in [6, 6.07) is 8.84. The second-order valence-corrected chi connectivity index (χ2v) is 5.82. The predicted molar refractivity (Wildman–Crippen MR) is 66.0 cm³/mol. The minimum Gasteiger partial charge on any atom is -0.316 e. The van der Waals surface area contributed by atoms with Gasteiger partial charge < -0.3 is 5.32 Å². The number of fused-ring (bicyclic) bond motifs is 1. The Labute approximate surface area is 99.4 Å². The molecule has 1 N–H and O–H groups in total. The van der Waals surface area contributed by atoms with Crippen molar-refractivity contribution < 1.29 is 0 Å². The lowest BCUT2D eigenvalue weighted by Gasteiger charge is -2.11. The van der Waals surface area contributed by atoms with E-state index in [1.807, 2.05) is 0 Å². The zero-order chi connectivity index (χ0) is 10.3. The van der Waals surface area contributed by atoms with Gasteiger partial charge in [0, 0.05) is 4.47 Å². The fraction of sp³-hybridized carbons (Fsp3) is 0.538. The summed E-state index contributed by atoms with van der Waals surface area (Å²) < 4.78 is 1.22. The summed E-state index contributed by atoms with van der Waals surface area (Å²) in [5.74, 6) is 2.68. The predicted octanol–water partition coefficient (Wildman–Crippen LogP) is 3.16. The molecule has 2 unspecified atom stereocenters. The summed E-state index contributed by atoms with van der Waals surface area (Å²) in [6.07, 6.45) is 2.77. The van der Waals surface area contributed by atoms with E-state index in [2.05, 4.69) is 45.5 Å². The number of halogens is 1. The maximum atomic E-state index is 3.56. The molecule has 15 heavy (non-hydrogen) atoms. The fourth-order valence-electron chi connectivity index (χ4n) is 3.20. The normalized spacial score (nSPS) is 34.3. The number of benzene rings is 1. The summed E-state index contributed by atoms with van der Waals surface area (Å²) in [6.45, 7) is 2.49. The highest BCUT2D eigenvalue weighted by atomic mass is 79.9. The Morgan fingerprint density at radius 2 is 1.87 bits per heavy atom. The molecule has 1 nitrogen and oxygen atoms in total. The average molecular weight is 266 g/mol. The molecule has 2 aliphatic rings. The Balaban J connectivity index is 1.79. The molecule has 2 fully saturated rings. The van der Waals surface area contributed by atoms with E-state index in [1.54, 1.807) is 0 Å². The summed E-state index contributed by atoms with van der Waals surface area (Å²) in [4.78, 5) is 0. The van der Waals surface area contributed by atoms with E-state index >= 15 is 0 Å². The van der Waals surface area contributed by atoms with Crippen molar-refractivity contribution in [2.45, 2.75) is 18.8 Å². The first-order chi connectivity index (χ1) is 7.33. The maximum Gasteiger partial charge on any atom is 0.0178 e. The fourth-order valence-corrected chi connectivity index (χ4v) is 3.62. The monoisotopic (exact) mass is 265 g/mol. The van der Waals surface area contributed by atoms with Crippen molar-refractivity contribution >= 4 is 15.9 Å². The van der Waals surface area contributed by atoms with E-state index in [4.69, 9.17) is 0 Å². The molecule has 0 spiro atoms. The van der Waals surface area contributed by atoms with Gasteiger partial charge in [0.1, 0.15) is 0 Å². The van der Waals surface area contributed by atoms with Gasteiger partial charge >= 0.3 is 0 Å². The molecule has 2 heteroatoms. The van der Waals surface area contributed by atoms with Crippen molar-refractivity contribution in [1.29, 1.82) is 0 Å². The first-order valence-corrected chi connectivity index (χ1v) is 6.58. The van der Waals surface area contributed by atoms with Gasteiger partial charge in [0.2, 0.25) is 0 Å². The molecule has 1 heterocycles. The number of hydrogen-bond donors (Lipinski definition) is 1. The molecule has 3 rings (SSSR count). The Morgan fingerprint density at radius 1 is 1.13 bits per heavy atom. The van der Waals surface area contributed by atoms with Crippen molar-refractivity contribution in [3.8, 4) is 0 Å². The van der Waals surface area contributed by atoms with Crippen LogP contribution in [0.5, 0.6) is 0 Å². The van der Waals surface area contributed by atoms with Crippen LogP contribution in [0.2, 0.25) is 0 Å². The van der Waals surface area contributed by atoms with Gasteiger partial charge in [-0.2, -0.15) is 0 Å². The lowest BCUT2D eigenvalue weighted by molar-refractivity contribution is 0.494. The standard InChI is InChI=1S/C13H16BrN/c14-13-3-1-2-9(6-13)10-4-11-7-15-8-12(11)5-10/h1-3,6,10-12,15H,4-5,7-8H2. The molecule has 1 aromatic carbocycles. The molecule has 0 radical (unpaired) electrons. The van der Waals surface area contributed by atoms with E-state index in [0.29, 0.717) is 0 Å². The van der Waals surface area contributed by atoms with E-state index in [-0.39, 0.29) is 0 Å². The zero-order valence-corrected chi connectivity index (χ0v) is 10.3. The van der Waals surface area contributed by atoms with Crippen molar-refractivity contribution in [3.63, 3.8) is 0 Å². The van der Waals surface area contributed by atoms with Crippen LogP contribution < -0.4 is 5.32 Å². The summed E-state index contributed by atoms with van der Waals surface area (Å²) in [5.41, 5.74) is 1.53. The van der Waals surface area contributed by atoms with Gasteiger partial charge in [0.05, 0.1) is 0 Å². The minimum atomic E-state index is 0.805. The Morgan fingerprint density at radius 3 is 2.53 bits per heavy atom. The third-order valence-electron chi connectivity index (χ3n) is 3.97. The zero-order valence-electron chi connectivity index (χ0n) is 8.75. The molecule has 0 amide bonds. The van der Waals surface area contributed by atoms with Crippen LogP contribution >= 0.6 is 15.9 Å². The van der Waals surface area contributed by atoms with Gasteiger partial charge in [0.25, 0.3) is 0 Å². The molecule has 1 aliphatic carbocycles. The lowest BCUT2D eigenvalue weighted by Crippen LogP contribution is -2.11. The summed E-state index contributed by atoms with van der Waals surface area (Å²) in [5, 5.41) is 3.50. The second-order valence-electron chi connectivity index (χ2n) is 4.90. The Kier molecular flexibility index (Phi) is 2.57. The highest BCUT2D eigenvalue weighted by Crippen LogP contribution is 2.44. The highest BCUT2D eigenvalue weighted by molar-refractivity contribution is 9.10. The van der Waals surface area contributed by atoms with Gasteiger partial charge in [-0.05, 0) is 61.4 Å². The smallest absolute Gasteiger partial charge is 0.0178 e. The molecule has 1 saturated carbocycles. The largest absolute Gasteiger partial charge is 0.316 e. The van der Waals surface area contributed by atoms with Crippen LogP contribution in [0.1, 0.15) is 24.3 Å². The van der Waals surface area contributed by atoms with Crippen LogP contribution in [0.4, 0.5) is 0 Å². The van der Waals surface area contributed by atoms with Gasteiger partial charge in [-0.15, -0.1) is 0 Å². The van der Waals surface area contributed by atoms with Gasteiger partial charge in [-0.25, -0.2) is 0 Å². The molecule has 1 aromatic rings. The summed E-state index contributed by atoms with van der Waals surface area (Å²) >= 11 is 3.56. The summed E-state index contributed by atoms with van der Waals surface area (Å²) in [7, 11) is 0. The topological polar surface area (TPSA) is 12.0 Å². The molecule has 1 aliphatic heterocycles. The quantitative estimate of drug-likeness (QED) is 0.823. The highest BCUT2D eigenvalue weighted by Gasteiger charge is 2.37. The first-order valence-electron chi connectivity index (χ1n) is 5.79. The van der Waals surface area contributed by atoms with E-state index in [0.717, 1.165) is 17.8 Å². The first kappa shape index (κ1) is 9.86. The molecular weight excluding hydrogens is 250 g/mol. The van der Waals surface area contributed by atoms with E-state index in [9.17, 15) is 0 Å². The van der Waals surface area contributed by atoms with Crippen molar-refractivity contribution in [2.75, 3.05) is 13.1 Å². The average Bonchev–Trinajstić information content (AvgIpc) is 2.76. The van der Waals surface area contributed by atoms with Crippen LogP contribution in [-0.2, 0) is 0 Å². The van der Waals surface area contributed by atoms with Crippen molar-refractivity contribution in [1.82, 2.24) is 5.32 Å². The SMILES string of the molecule is Brc1cccc(C2CC3CNCC3C2)c1. The molecule has 0 bridgehead atoms. The van der Waals surface area contributed by atoms with E-state index < -0.39 is 0 Å². The lowest BCUT2D eigenvalue weighted by atomic mass is 9.96. The van der Waals surface area contributed by atoms with E-state index in [1.165, 1.54) is 36.0 Å². The molecule has 80 valence electrons. The molecular formula is C13H16BrN. The third kappa shape index (κ3) is 1.85. The van der Waals surface area contributed by atoms with Crippen molar-refractivity contribution in [3.05, 3.63) is 34.3 Å². The van der Waals surface area contributed by atoms with Crippen LogP contribution in [0.25, 0.3) is 0 Å². The van der Waals surface area contributed by atoms with Crippen LogP contribution in [0, 0.1) is 11.8 Å². The second kappa shape index (κ2) is 3.91. The molecule has 0 aromatic heterocycles. The Bertz CT molecular complexity index is 351. The van der Waals surface area contributed by atoms with Gasteiger partial charge in [-0.1, -0.05) is 28.1 Å².